The largest absolute Gasteiger partial charge is 0.481 e. The number of hydroxylamine groups is 2. The van der Waals surface area contributed by atoms with Crippen LogP contribution in [0.5, 0.6) is 0 Å². The number of carbonyl (C=O) groups is 2. The maximum absolute atomic E-state index is 11.5. The summed E-state index contributed by atoms with van der Waals surface area (Å²) in [7, 11) is 0. The van der Waals surface area contributed by atoms with Crippen molar-refractivity contribution in [3.63, 3.8) is 0 Å². The zero-order valence-electron chi connectivity index (χ0n) is 18.1. The molecule has 156 valence electrons. The van der Waals surface area contributed by atoms with Crippen LogP contribution in [0.2, 0.25) is 0 Å². The molecule has 0 aromatic rings. The smallest absolute Gasteiger partial charge is 0.303 e. The Hall–Kier alpha value is -1.40. The lowest BCUT2D eigenvalue weighted by Crippen LogP contribution is -2.64. The van der Waals surface area contributed by atoms with E-state index in [-0.39, 0.29) is 41.5 Å². The van der Waals surface area contributed by atoms with E-state index in [0.29, 0.717) is 0 Å². The summed E-state index contributed by atoms with van der Waals surface area (Å²) in [5, 5.41) is 14.1. The maximum Gasteiger partial charge on any atom is 0.303 e. The van der Waals surface area contributed by atoms with Crippen molar-refractivity contribution in [2.24, 2.45) is 5.92 Å². The molecule has 1 fully saturated rings. The van der Waals surface area contributed by atoms with Gasteiger partial charge in [-0.15, -0.1) is 0 Å². The second-order valence-corrected chi connectivity index (χ2v) is 9.45. The van der Waals surface area contributed by atoms with Gasteiger partial charge in [-0.1, -0.05) is 13.5 Å². The first-order valence-electron chi connectivity index (χ1n) is 9.86. The molecule has 6 heteroatoms. The number of hydrogen-bond donors (Lipinski definition) is 2. The van der Waals surface area contributed by atoms with Gasteiger partial charge in [0.2, 0.25) is 5.91 Å². The number of nitrogens with one attached hydrogen (secondary N) is 1. The van der Waals surface area contributed by atoms with E-state index >= 15 is 0 Å². The van der Waals surface area contributed by atoms with Gasteiger partial charge in [0.05, 0.1) is 6.10 Å². The fraction of sp³-hybridized carbons (Fsp3) is 0.810. The number of piperidine rings is 1. The highest BCUT2D eigenvalue weighted by atomic mass is 16.7. The minimum Gasteiger partial charge on any atom is -0.481 e. The van der Waals surface area contributed by atoms with Crippen molar-refractivity contribution >= 4 is 11.9 Å². The second kappa shape index (κ2) is 9.20. The molecule has 1 aliphatic rings. The van der Waals surface area contributed by atoms with E-state index in [9.17, 15) is 9.59 Å². The van der Waals surface area contributed by atoms with Crippen LogP contribution in [0.15, 0.2) is 12.2 Å². The van der Waals surface area contributed by atoms with Crippen molar-refractivity contribution < 1.29 is 19.5 Å². The zero-order valence-corrected chi connectivity index (χ0v) is 18.1. The quantitative estimate of drug-likeness (QED) is 0.591. The van der Waals surface area contributed by atoms with Gasteiger partial charge in [0, 0.05) is 30.5 Å². The molecule has 1 aliphatic heterocycles. The number of amides is 1. The zero-order chi connectivity index (χ0) is 21.0. The number of carboxylic acid groups (broad SMARTS) is 1. The number of carbonyl (C=O) groups excluding carboxylic acids is 1. The molecule has 0 radical (unpaired) electrons. The van der Waals surface area contributed by atoms with Crippen LogP contribution in [0.25, 0.3) is 0 Å². The Morgan fingerprint density at radius 3 is 2.11 bits per heavy atom. The fourth-order valence-electron chi connectivity index (χ4n) is 4.29. The van der Waals surface area contributed by atoms with E-state index in [4.69, 9.17) is 9.94 Å². The topological polar surface area (TPSA) is 78.9 Å². The summed E-state index contributed by atoms with van der Waals surface area (Å²) in [6.45, 7) is 18.1. The SMILES string of the molecule is C=C(C)C(CCC(C)CC(=O)O)ON1C(C)(C)CC(NC(C)=O)CC1(C)C. The third-order valence-electron chi connectivity index (χ3n) is 5.23. The minimum atomic E-state index is -0.766. The van der Waals surface area contributed by atoms with Crippen molar-refractivity contribution in [2.45, 2.75) is 104 Å². The van der Waals surface area contributed by atoms with Gasteiger partial charge in [0.25, 0.3) is 0 Å². The van der Waals surface area contributed by atoms with E-state index in [1.54, 1.807) is 6.92 Å². The van der Waals surface area contributed by atoms with E-state index in [0.717, 1.165) is 31.3 Å². The Kier molecular flexibility index (Phi) is 8.05. The van der Waals surface area contributed by atoms with Gasteiger partial charge >= 0.3 is 5.97 Å². The summed E-state index contributed by atoms with van der Waals surface area (Å²) >= 11 is 0. The van der Waals surface area contributed by atoms with E-state index in [2.05, 4.69) is 44.7 Å². The predicted octanol–water partition coefficient (Wildman–Crippen LogP) is 3.91. The lowest BCUT2D eigenvalue weighted by atomic mass is 9.79. The Morgan fingerprint density at radius 2 is 1.70 bits per heavy atom. The third-order valence-corrected chi connectivity index (χ3v) is 5.23. The Morgan fingerprint density at radius 1 is 1.19 bits per heavy atom. The summed E-state index contributed by atoms with van der Waals surface area (Å²) in [6, 6.07) is 0.117. The molecule has 0 aromatic carbocycles. The third kappa shape index (κ3) is 7.26. The Balaban J connectivity index is 2.86. The average Bonchev–Trinajstić information content (AvgIpc) is 2.42. The molecular formula is C21H38N2O4. The second-order valence-electron chi connectivity index (χ2n) is 9.45. The molecule has 2 N–H and O–H groups in total. The molecule has 1 amide bonds. The first-order valence-corrected chi connectivity index (χ1v) is 9.86. The van der Waals surface area contributed by atoms with Gasteiger partial charge in [-0.2, -0.15) is 5.06 Å². The van der Waals surface area contributed by atoms with Crippen LogP contribution in [0, 0.1) is 5.92 Å². The van der Waals surface area contributed by atoms with Gasteiger partial charge < -0.3 is 10.4 Å². The minimum absolute atomic E-state index is 0.00630. The molecule has 1 heterocycles. The van der Waals surface area contributed by atoms with Crippen LogP contribution in [-0.2, 0) is 14.4 Å². The van der Waals surface area contributed by atoms with Crippen LogP contribution >= 0.6 is 0 Å². The molecule has 6 nitrogen and oxygen atoms in total. The molecule has 2 atom stereocenters. The van der Waals surface area contributed by atoms with E-state index < -0.39 is 5.97 Å². The number of nitrogens with zero attached hydrogens (tertiary/aromatic N) is 1. The number of rotatable bonds is 9. The van der Waals surface area contributed by atoms with E-state index in [1.807, 2.05) is 13.8 Å². The van der Waals surface area contributed by atoms with Crippen LogP contribution < -0.4 is 5.32 Å². The van der Waals surface area contributed by atoms with Crippen molar-refractivity contribution in [1.29, 1.82) is 0 Å². The predicted molar refractivity (Wildman–Crippen MR) is 107 cm³/mol. The number of hydrogen-bond acceptors (Lipinski definition) is 4. The molecule has 1 saturated heterocycles. The highest BCUT2D eigenvalue weighted by molar-refractivity contribution is 5.73. The van der Waals surface area contributed by atoms with Crippen LogP contribution in [0.3, 0.4) is 0 Å². The summed E-state index contributed by atoms with van der Waals surface area (Å²) in [5.41, 5.74) is 0.429. The highest BCUT2D eigenvalue weighted by Crippen LogP contribution is 2.40. The summed E-state index contributed by atoms with van der Waals surface area (Å²) < 4.78 is 0. The molecule has 27 heavy (non-hydrogen) atoms. The standard InChI is InChI=1S/C21H38N2O4/c1-14(2)18(10-9-15(3)11-19(25)26)27-23-20(5,6)12-17(22-16(4)24)13-21(23,7)8/h15,17-18H,1,9-13H2,2-8H3,(H,22,24)(H,25,26). The monoisotopic (exact) mass is 382 g/mol. The van der Waals surface area contributed by atoms with Crippen molar-refractivity contribution in [1.82, 2.24) is 10.4 Å². The molecule has 0 aromatic heterocycles. The fourth-order valence-corrected chi connectivity index (χ4v) is 4.29. The summed E-state index contributed by atoms with van der Waals surface area (Å²) in [6.07, 6.45) is 3.12. The van der Waals surface area contributed by atoms with Gasteiger partial charge in [-0.25, -0.2) is 0 Å². The van der Waals surface area contributed by atoms with Crippen LogP contribution in [0.4, 0.5) is 0 Å². The molecular weight excluding hydrogens is 344 g/mol. The van der Waals surface area contributed by atoms with Gasteiger partial charge in [0.1, 0.15) is 0 Å². The summed E-state index contributed by atoms with van der Waals surface area (Å²) in [5.74, 6) is -0.676. The van der Waals surface area contributed by atoms with Crippen LogP contribution in [0.1, 0.15) is 80.6 Å². The van der Waals surface area contributed by atoms with Gasteiger partial charge in [0.15, 0.2) is 0 Å². The normalized spacial score (nSPS) is 22.0. The molecule has 0 spiro atoms. The molecule has 1 rings (SSSR count). The molecule has 0 saturated carbocycles. The van der Waals surface area contributed by atoms with Crippen molar-refractivity contribution in [2.75, 3.05) is 0 Å². The Bertz CT molecular complexity index is 538. The maximum atomic E-state index is 11.5. The first kappa shape index (κ1) is 23.6. The summed E-state index contributed by atoms with van der Waals surface area (Å²) in [4.78, 5) is 28.9. The lowest BCUT2D eigenvalue weighted by molar-refractivity contribution is -0.301. The lowest BCUT2D eigenvalue weighted by Gasteiger charge is -2.54. The number of aliphatic carboxylic acids is 1. The average molecular weight is 383 g/mol. The van der Waals surface area contributed by atoms with Gasteiger partial charge in [-0.05, 0) is 71.8 Å². The van der Waals surface area contributed by atoms with Crippen molar-refractivity contribution in [3.8, 4) is 0 Å². The van der Waals surface area contributed by atoms with Crippen LogP contribution in [-0.4, -0.2) is 45.3 Å². The van der Waals surface area contributed by atoms with E-state index in [1.165, 1.54) is 0 Å². The Labute approximate surface area is 164 Å². The first-order chi connectivity index (χ1) is 12.2. The molecule has 0 aliphatic carbocycles. The molecule has 0 bridgehead atoms. The van der Waals surface area contributed by atoms with Gasteiger partial charge in [-0.3, -0.25) is 14.4 Å². The number of carboxylic acids is 1. The highest BCUT2D eigenvalue weighted by Gasteiger charge is 2.47. The molecule has 2 unspecified atom stereocenters. The van der Waals surface area contributed by atoms with Crippen molar-refractivity contribution in [3.05, 3.63) is 12.2 Å².